The van der Waals surface area contributed by atoms with E-state index in [-0.39, 0.29) is 17.7 Å². The zero-order valence-corrected chi connectivity index (χ0v) is 22.4. The van der Waals surface area contributed by atoms with E-state index >= 15 is 0 Å². The molecule has 1 unspecified atom stereocenters. The molecule has 2 saturated heterocycles. The number of amides is 3. The van der Waals surface area contributed by atoms with Gasteiger partial charge < -0.3 is 25.1 Å². The fraction of sp³-hybridized carbons (Fsp3) is 0.852. The van der Waals surface area contributed by atoms with Crippen molar-refractivity contribution in [1.82, 2.24) is 15.5 Å². The van der Waals surface area contributed by atoms with Crippen molar-refractivity contribution in [3.05, 3.63) is 0 Å². The van der Waals surface area contributed by atoms with Crippen molar-refractivity contribution < 1.29 is 23.9 Å². The molecule has 4 atom stereocenters. The van der Waals surface area contributed by atoms with E-state index in [1.807, 2.05) is 0 Å². The normalized spacial score (nSPS) is 28.1. The first kappa shape index (κ1) is 29.1. The zero-order chi connectivity index (χ0) is 26.0. The monoisotopic (exact) mass is 493 g/mol. The van der Waals surface area contributed by atoms with Crippen LogP contribution in [0, 0.1) is 11.8 Å². The highest BCUT2D eigenvalue weighted by Gasteiger charge is 2.43. The van der Waals surface area contributed by atoms with E-state index in [1.165, 1.54) is 0 Å². The third-order valence-corrected chi connectivity index (χ3v) is 7.10. The second-order valence-corrected chi connectivity index (χ2v) is 11.6. The number of rotatable bonds is 3. The minimum atomic E-state index is -0.747. The minimum Gasteiger partial charge on any atom is -0.444 e. The maximum atomic E-state index is 13.7. The molecule has 0 aliphatic carbocycles. The molecule has 3 amide bonds. The van der Waals surface area contributed by atoms with Crippen molar-refractivity contribution >= 4 is 24.2 Å². The highest BCUT2D eigenvalue weighted by molar-refractivity contribution is 5.92. The molecule has 0 spiro atoms. The smallest absolute Gasteiger partial charge is 0.408 e. The van der Waals surface area contributed by atoms with E-state index in [0.29, 0.717) is 31.7 Å². The molecule has 0 aromatic rings. The summed E-state index contributed by atoms with van der Waals surface area (Å²) in [7, 11) is 0. The van der Waals surface area contributed by atoms with E-state index in [9.17, 15) is 19.2 Å². The molecule has 2 aliphatic rings. The molecular formula is C27H47N3O5. The van der Waals surface area contributed by atoms with Gasteiger partial charge >= 0.3 is 6.09 Å². The predicted molar refractivity (Wildman–Crippen MR) is 136 cm³/mol. The van der Waals surface area contributed by atoms with Crippen LogP contribution in [-0.2, 0) is 19.1 Å². The van der Waals surface area contributed by atoms with E-state index in [2.05, 4.69) is 24.5 Å². The van der Waals surface area contributed by atoms with Gasteiger partial charge in [0.15, 0.2) is 0 Å². The predicted octanol–water partition coefficient (Wildman–Crippen LogP) is 4.35. The van der Waals surface area contributed by atoms with Crippen LogP contribution in [0.15, 0.2) is 0 Å². The van der Waals surface area contributed by atoms with Crippen LogP contribution in [0.25, 0.3) is 0 Å². The molecule has 0 saturated carbocycles. The number of fused-ring (bicyclic) bond motifs is 1. The molecule has 200 valence electrons. The Bertz CT molecular complexity index is 718. The lowest BCUT2D eigenvalue weighted by atomic mass is 9.93. The summed E-state index contributed by atoms with van der Waals surface area (Å²) in [6.45, 7) is 10.0. The highest BCUT2D eigenvalue weighted by atomic mass is 16.6. The third-order valence-electron chi connectivity index (χ3n) is 7.10. The number of carbonyl (C=O) groups excluding carboxylic acids is 4. The standard InChI is InChI=1S/C27H47N3O5/c1-19(2)20-16-23-24(32)28-21(18-31)14-12-10-8-6-7-9-11-13-15-22(25(33)30(23)17-20)29-26(34)35-27(3,4)5/h18-23H,6-17H2,1-5H3,(H,28,32)(H,29,34)/t20?,21-,22-,23-/m0/s1. The number of ether oxygens (including phenoxy) is 1. The SMILES string of the molecule is CC(C)C1C[C@H]2C(=O)N[C@H](C=O)CCCCCCCCCC[C@H](NC(=O)OC(C)(C)C)C(=O)N2C1. The van der Waals surface area contributed by atoms with Gasteiger partial charge in [-0.1, -0.05) is 65.2 Å². The second kappa shape index (κ2) is 13.8. The Morgan fingerprint density at radius 2 is 1.60 bits per heavy atom. The van der Waals surface area contributed by atoms with E-state index in [4.69, 9.17) is 4.74 Å². The summed E-state index contributed by atoms with van der Waals surface area (Å²) in [4.78, 5) is 52.9. The summed E-state index contributed by atoms with van der Waals surface area (Å²) < 4.78 is 5.42. The number of nitrogens with zero attached hydrogens (tertiary/aromatic N) is 1. The van der Waals surface area contributed by atoms with E-state index < -0.39 is 29.8 Å². The fourth-order valence-electron chi connectivity index (χ4n) is 4.98. The largest absolute Gasteiger partial charge is 0.444 e. The van der Waals surface area contributed by atoms with Crippen LogP contribution in [0.5, 0.6) is 0 Å². The third kappa shape index (κ3) is 9.80. The van der Waals surface area contributed by atoms with Gasteiger partial charge in [-0.2, -0.15) is 0 Å². The number of hydrogen-bond donors (Lipinski definition) is 2. The number of hydrogen-bond acceptors (Lipinski definition) is 5. The van der Waals surface area contributed by atoms with Crippen molar-refractivity contribution in [2.24, 2.45) is 11.8 Å². The van der Waals surface area contributed by atoms with Gasteiger partial charge in [0.2, 0.25) is 11.8 Å². The van der Waals surface area contributed by atoms with Crippen molar-refractivity contribution in [3.63, 3.8) is 0 Å². The first-order valence-electron chi connectivity index (χ1n) is 13.6. The molecule has 2 aliphatic heterocycles. The quantitative estimate of drug-likeness (QED) is 0.569. The Morgan fingerprint density at radius 3 is 2.14 bits per heavy atom. The Kier molecular flexibility index (Phi) is 11.5. The van der Waals surface area contributed by atoms with Crippen molar-refractivity contribution in [1.29, 1.82) is 0 Å². The van der Waals surface area contributed by atoms with Crippen LogP contribution in [0.2, 0.25) is 0 Å². The Labute approximate surface area is 211 Å². The minimum absolute atomic E-state index is 0.178. The molecule has 35 heavy (non-hydrogen) atoms. The zero-order valence-electron chi connectivity index (χ0n) is 22.4. The summed E-state index contributed by atoms with van der Waals surface area (Å²) in [5.74, 6) is -0.0395. The molecule has 0 bridgehead atoms. The van der Waals surface area contributed by atoms with Gasteiger partial charge in [0.1, 0.15) is 24.0 Å². The van der Waals surface area contributed by atoms with Gasteiger partial charge in [-0.15, -0.1) is 0 Å². The van der Waals surface area contributed by atoms with Crippen molar-refractivity contribution in [2.75, 3.05) is 6.54 Å². The lowest BCUT2D eigenvalue weighted by Gasteiger charge is -2.30. The number of alkyl carbamates (subject to hydrolysis) is 1. The van der Waals surface area contributed by atoms with Crippen molar-refractivity contribution in [3.8, 4) is 0 Å². The van der Waals surface area contributed by atoms with Crippen LogP contribution in [0.1, 0.15) is 105 Å². The molecule has 8 nitrogen and oxygen atoms in total. The molecule has 2 N–H and O–H groups in total. The number of carbonyl (C=O) groups is 4. The maximum absolute atomic E-state index is 13.7. The summed E-state index contributed by atoms with van der Waals surface area (Å²) in [6, 6.07) is -1.93. The average Bonchev–Trinajstić information content (AvgIpc) is 3.22. The van der Waals surface area contributed by atoms with Gasteiger partial charge in [-0.3, -0.25) is 9.59 Å². The Morgan fingerprint density at radius 1 is 1.03 bits per heavy atom. The second-order valence-electron chi connectivity index (χ2n) is 11.6. The number of aldehydes is 1. The maximum Gasteiger partial charge on any atom is 0.408 e. The summed E-state index contributed by atoms with van der Waals surface area (Å²) >= 11 is 0. The van der Waals surface area contributed by atoms with Gasteiger partial charge in [-0.05, 0) is 51.9 Å². The molecule has 2 rings (SSSR count). The van der Waals surface area contributed by atoms with Gasteiger partial charge in [0.05, 0.1) is 6.04 Å². The molecule has 2 heterocycles. The topological polar surface area (TPSA) is 105 Å². The van der Waals surface area contributed by atoms with Crippen LogP contribution in [0.3, 0.4) is 0 Å². The van der Waals surface area contributed by atoms with Crippen molar-refractivity contribution in [2.45, 2.75) is 129 Å². The molecule has 0 aromatic carbocycles. The average molecular weight is 494 g/mol. The fourth-order valence-corrected chi connectivity index (χ4v) is 4.98. The first-order valence-corrected chi connectivity index (χ1v) is 13.6. The van der Waals surface area contributed by atoms with Crippen LogP contribution in [-0.4, -0.2) is 59.4 Å². The summed E-state index contributed by atoms with van der Waals surface area (Å²) in [5, 5.41) is 5.67. The first-order chi connectivity index (χ1) is 16.5. The molecule has 8 heteroatoms. The molecule has 0 radical (unpaired) electrons. The molecule has 2 fully saturated rings. The number of nitrogens with one attached hydrogen (secondary N) is 2. The van der Waals surface area contributed by atoms with Gasteiger partial charge in [-0.25, -0.2) is 4.79 Å². The van der Waals surface area contributed by atoms with Gasteiger partial charge in [0.25, 0.3) is 0 Å². The molecular weight excluding hydrogens is 446 g/mol. The lowest BCUT2D eigenvalue weighted by Crippen LogP contribution is -2.55. The van der Waals surface area contributed by atoms with E-state index in [1.54, 1.807) is 25.7 Å². The summed E-state index contributed by atoms with van der Waals surface area (Å²) in [5.41, 5.74) is -0.674. The Hall–Kier alpha value is -2.12. The Balaban J connectivity index is 2.26. The molecule has 0 aromatic heterocycles. The van der Waals surface area contributed by atoms with Gasteiger partial charge in [0, 0.05) is 6.54 Å². The van der Waals surface area contributed by atoms with Crippen LogP contribution < -0.4 is 10.6 Å². The van der Waals surface area contributed by atoms with Crippen LogP contribution in [0.4, 0.5) is 4.79 Å². The van der Waals surface area contributed by atoms with Crippen LogP contribution >= 0.6 is 0 Å². The summed E-state index contributed by atoms with van der Waals surface area (Å²) in [6.07, 6.45) is 10.1. The lowest BCUT2D eigenvalue weighted by molar-refractivity contribution is -0.140. The highest BCUT2D eigenvalue weighted by Crippen LogP contribution is 2.30. The van der Waals surface area contributed by atoms with E-state index in [0.717, 1.165) is 57.7 Å².